The van der Waals surface area contributed by atoms with Gasteiger partial charge in [-0.05, 0) is 35.0 Å². The zero-order valence-electron chi connectivity index (χ0n) is 10.5. The van der Waals surface area contributed by atoms with E-state index < -0.39 is 17.8 Å². The third-order valence-corrected chi connectivity index (χ3v) is 3.14. The average molecular weight is 274 g/mol. The first kappa shape index (κ1) is 12.3. The number of halogens is 1. The monoisotopic (exact) mass is 274 g/mol. The van der Waals surface area contributed by atoms with E-state index in [1.165, 1.54) is 16.8 Å². The highest BCUT2D eigenvalue weighted by atomic mass is 19.1. The third-order valence-electron chi connectivity index (χ3n) is 3.14. The van der Waals surface area contributed by atoms with Crippen LogP contribution in [0.2, 0.25) is 0 Å². The molecule has 102 valence electrons. The van der Waals surface area contributed by atoms with Crippen LogP contribution in [0.5, 0.6) is 0 Å². The van der Waals surface area contributed by atoms with E-state index in [9.17, 15) is 9.18 Å². The van der Waals surface area contributed by atoms with Gasteiger partial charge in [0.2, 0.25) is 11.9 Å². The number of fused-ring (bicyclic) bond motifs is 1. The quantitative estimate of drug-likeness (QED) is 0.835. The fourth-order valence-corrected chi connectivity index (χ4v) is 2.32. The molecule has 1 aromatic carbocycles. The van der Waals surface area contributed by atoms with Gasteiger partial charge in [0.15, 0.2) is 0 Å². The second kappa shape index (κ2) is 4.41. The summed E-state index contributed by atoms with van der Waals surface area (Å²) in [4.78, 5) is 11.7. The predicted molar refractivity (Wildman–Crippen MR) is 67.9 cm³/mol. The molecule has 2 aromatic rings. The highest BCUT2D eigenvalue weighted by molar-refractivity contribution is 5.95. The van der Waals surface area contributed by atoms with Crippen LogP contribution in [0.25, 0.3) is 0 Å². The molecule has 0 spiro atoms. The van der Waals surface area contributed by atoms with Crippen molar-refractivity contribution in [2.45, 2.75) is 13.0 Å². The predicted octanol–water partition coefficient (Wildman–Crippen LogP) is 0.586. The molecule has 1 atom stereocenters. The van der Waals surface area contributed by atoms with E-state index in [-0.39, 0.29) is 0 Å². The van der Waals surface area contributed by atoms with E-state index in [1.807, 2.05) is 0 Å². The Morgan fingerprint density at radius 3 is 3.00 bits per heavy atom. The molecule has 0 aliphatic carbocycles. The van der Waals surface area contributed by atoms with Crippen LogP contribution in [-0.2, 0) is 4.79 Å². The molecule has 0 saturated heterocycles. The van der Waals surface area contributed by atoms with Crippen molar-refractivity contribution in [1.82, 2.24) is 20.2 Å². The van der Waals surface area contributed by atoms with Crippen molar-refractivity contribution in [1.29, 1.82) is 0 Å². The minimum atomic E-state index is -0.644. The van der Waals surface area contributed by atoms with Crippen LogP contribution in [0.15, 0.2) is 35.5 Å². The number of anilines is 1. The van der Waals surface area contributed by atoms with Crippen LogP contribution in [0.4, 0.5) is 10.3 Å². The largest absolute Gasteiger partial charge is 0.366 e. The first-order valence-electron chi connectivity index (χ1n) is 5.89. The lowest BCUT2D eigenvalue weighted by molar-refractivity contribution is -0.115. The van der Waals surface area contributed by atoms with Crippen molar-refractivity contribution < 1.29 is 9.18 Å². The molecule has 7 nitrogen and oxygen atoms in total. The number of aromatic nitrogens is 4. The lowest BCUT2D eigenvalue weighted by Gasteiger charge is -2.26. The minimum Gasteiger partial charge on any atom is -0.366 e. The second-order valence-electron chi connectivity index (χ2n) is 4.43. The van der Waals surface area contributed by atoms with Crippen LogP contribution in [0, 0.1) is 5.82 Å². The number of allylic oxidation sites excluding steroid dienone is 1. The van der Waals surface area contributed by atoms with Gasteiger partial charge in [-0.2, -0.15) is 4.68 Å². The number of nitrogens with zero attached hydrogens (tertiary/aromatic N) is 4. The SMILES string of the molecule is CC1=C(C(N)=O)C(c2cccc(F)c2)n2nnnc2N1. The smallest absolute Gasteiger partial charge is 0.248 e. The van der Waals surface area contributed by atoms with Crippen molar-refractivity contribution in [2.75, 3.05) is 5.32 Å². The van der Waals surface area contributed by atoms with Gasteiger partial charge in [-0.1, -0.05) is 17.2 Å². The molecule has 3 rings (SSSR count). The summed E-state index contributed by atoms with van der Waals surface area (Å²) in [6.07, 6.45) is 0. The molecule has 1 aliphatic rings. The van der Waals surface area contributed by atoms with Gasteiger partial charge in [-0.25, -0.2) is 4.39 Å². The number of rotatable bonds is 2. The van der Waals surface area contributed by atoms with Gasteiger partial charge in [0.25, 0.3) is 0 Å². The topological polar surface area (TPSA) is 98.7 Å². The fourth-order valence-electron chi connectivity index (χ4n) is 2.32. The molecule has 1 aliphatic heterocycles. The van der Waals surface area contributed by atoms with Crippen LogP contribution in [0.1, 0.15) is 18.5 Å². The summed E-state index contributed by atoms with van der Waals surface area (Å²) in [5, 5.41) is 14.1. The molecule has 1 amide bonds. The molecule has 0 bridgehead atoms. The Kier molecular flexibility index (Phi) is 2.70. The molecule has 3 N–H and O–H groups in total. The van der Waals surface area contributed by atoms with Gasteiger partial charge < -0.3 is 11.1 Å². The number of carbonyl (C=O) groups excluding carboxylic acids is 1. The summed E-state index contributed by atoms with van der Waals surface area (Å²) < 4.78 is 14.8. The van der Waals surface area contributed by atoms with E-state index in [1.54, 1.807) is 19.1 Å². The zero-order chi connectivity index (χ0) is 14.3. The highest BCUT2D eigenvalue weighted by Gasteiger charge is 2.32. The second-order valence-corrected chi connectivity index (χ2v) is 4.43. The van der Waals surface area contributed by atoms with Crippen molar-refractivity contribution in [3.63, 3.8) is 0 Å². The highest BCUT2D eigenvalue weighted by Crippen LogP contribution is 2.33. The Bertz CT molecular complexity index is 722. The Morgan fingerprint density at radius 2 is 2.30 bits per heavy atom. The summed E-state index contributed by atoms with van der Waals surface area (Å²) in [5.41, 5.74) is 6.84. The maximum atomic E-state index is 13.4. The van der Waals surface area contributed by atoms with Gasteiger partial charge >= 0.3 is 0 Å². The summed E-state index contributed by atoms with van der Waals surface area (Å²) >= 11 is 0. The van der Waals surface area contributed by atoms with Gasteiger partial charge in [0, 0.05) is 5.70 Å². The lowest BCUT2D eigenvalue weighted by atomic mass is 9.95. The third kappa shape index (κ3) is 1.81. The first-order chi connectivity index (χ1) is 9.58. The van der Waals surface area contributed by atoms with E-state index in [4.69, 9.17) is 5.73 Å². The Hall–Kier alpha value is -2.77. The minimum absolute atomic E-state index is 0.301. The van der Waals surface area contributed by atoms with Gasteiger partial charge in [-0.3, -0.25) is 4.79 Å². The molecule has 8 heteroatoms. The van der Waals surface area contributed by atoms with Crippen LogP contribution in [0.3, 0.4) is 0 Å². The Morgan fingerprint density at radius 1 is 1.50 bits per heavy atom. The average Bonchev–Trinajstić information content (AvgIpc) is 2.84. The van der Waals surface area contributed by atoms with Gasteiger partial charge in [0.1, 0.15) is 11.9 Å². The molecule has 1 aromatic heterocycles. The molecule has 1 unspecified atom stereocenters. The van der Waals surface area contributed by atoms with Crippen molar-refractivity contribution in [3.8, 4) is 0 Å². The molecule has 20 heavy (non-hydrogen) atoms. The Balaban J connectivity index is 2.22. The number of hydrogen-bond donors (Lipinski definition) is 2. The van der Waals surface area contributed by atoms with Gasteiger partial charge in [0.05, 0.1) is 5.57 Å². The van der Waals surface area contributed by atoms with E-state index in [2.05, 4.69) is 20.8 Å². The number of carbonyl (C=O) groups is 1. The number of nitrogens with two attached hydrogens (primary N) is 1. The van der Waals surface area contributed by atoms with E-state index >= 15 is 0 Å². The number of amides is 1. The van der Waals surface area contributed by atoms with E-state index in [0.717, 1.165) is 0 Å². The zero-order valence-corrected chi connectivity index (χ0v) is 10.5. The molecular weight excluding hydrogens is 263 g/mol. The van der Waals surface area contributed by atoms with Crippen LogP contribution >= 0.6 is 0 Å². The molecule has 2 heterocycles. The summed E-state index contributed by atoms with van der Waals surface area (Å²) in [7, 11) is 0. The maximum absolute atomic E-state index is 13.4. The molecular formula is C12H11FN6O. The summed E-state index contributed by atoms with van der Waals surface area (Å²) in [6, 6.07) is 5.27. The van der Waals surface area contributed by atoms with Gasteiger partial charge in [-0.15, -0.1) is 0 Å². The fraction of sp³-hybridized carbons (Fsp3) is 0.167. The number of tetrazole rings is 1. The number of hydrogen-bond acceptors (Lipinski definition) is 5. The first-order valence-corrected chi connectivity index (χ1v) is 5.89. The molecule has 0 radical (unpaired) electrons. The number of primary amides is 1. The lowest BCUT2D eigenvalue weighted by Crippen LogP contribution is -2.31. The van der Waals surface area contributed by atoms with Crippen molar-refractivity contribution in [2.24, 2.45) is 5.73 Å². The summed E-state index contributed by atoms with van der Waals surface area (Å²) in [5.74, 6) is -0.635. The Labute approximate surface area is 113 Å². The standard InChI is InChI=1S/C12H11FN6O/c1-6-9(11(14)20)10(7-3-2-4-8(13)5-7)19-12(15-6)16-17-18-19/h2-5,10H,1H3,(H2,14,20)(H,15,16,18). The maximum Gasteiger partial charge on any atom is 0.248 e. The van der Waals surface area contributed by atoms with Crippen molar-refractivity contribution in [3.05, 3.63) is 46.9 Å². The van der Waals surface area contributed by atoms with Crippen LogP contribution < -0.4 is 11.1 Å². The normalized spacial score (nSPS) is 17.6. The van der Waals surface area contributed by atoms with E-state index in [0.29, 0.717) is 22.8 Å². The number of nitrogens with one attached hydrogen (secondary N) is 1. The number of benzene rings is 1. The molecule has 0 saturated carbocycles. The van der Waals surface area contributed by atoms with Crippen LogP contribution in [-0.4, -0.2) is 26.1 Å². The molecule has 0 fully saturated rings. The van der Waals surface area contributed by atoms with Crippen molar-refractivity contribution >= 4 is 11.9 Å². The summed E-state index contributed by atoms with van der Waals surface area (Å²) in [6.45, 7) is 1.70.